The molecule has 0 bridgehead atoms. The molecule has 1 aromatic heterocycles. The molecule has 4 rings (SSSR count). The highest BCUT2D eigenvalue weighted by Crippen LogP contribution is 2.33. The minimum atomic E-state index is -0.599. The third-order valence-corrected chi connectivity index (χ3v) is 4.98. The molecule has 1 saturated heterocycles. The van der Waals surface area contributed by atoms with Gasteiger partial charge in [-0.25, -0.2) is 0 Å². The van der Waals surface area contributed by atoms with Crippen molar-refractivity contribution >= 4 is 34.9 Å². The average Bonchev–Trinajstić information content (AvgIpc) is 2.70. The Balaban J connectivity index is 1.75. The number of rotatable bonds is 4. The molecule has 0 saturated carbocycles. The van der Waals surface area contributed by atoms with Crippen LogP contribution in [0.25, 0.3) is 22.0 Å². The van der Waals surface area contributed by atoms with E-state index in [1.165, 1.54) is 6.20 Å². The Morgan fingerprint density at radius 3 is 2.89 bits per heavy atom. The summed E-state index contributed by atoms with van der Waals surface area (Å²) in [6.45, 7) is 1.61. The van der Waals surface area contributed by atoms with Gasteiger partial charge in [-0.3, -0.25) is 4.79 Å². The fourth-order valence-electron chi connectivity index (χ4n) is 3.38. The Morgan fingerprint density at radius 1 is 1.29 bits per heavy atom. The van der Waals surface area contributed by atoms with Crippen LogP contribution in [-0.4, -0.2) is 40.7 Å². The topological polar surface area (TPSA) is 110 Å². The number of nitrogens with one attached hydrogen (secondary N) is 1. The largest absolute Gasteiger partial charge is 0.488 e. The SMILES string of the molecule is CB(O)c1ccc(OC2CCC(=O)NC2)c(-c2ccc3c(N)cnnc3c2)c1. The van der Waals surface area contributed by atoms with Crippen LogP contribution in [0.15, 0.2) is 42.6 Å². The molecular weight excluding hydrogens is 355 g/mol. The van der Waals surface area contributed by atoms with Gasteiger partial charge >= 0.3 is 6.92 Å². The van der Waals surface area contributed by atoms with E-state index in [-0.39, 0.29) is 12.0 Å². The fourth-order valence-corrected chi connectivity index (χ4v) is 3.38. The predicted octanol–water partition coefficient (Wildman–Crippen LogP) is 1.36. The number of carbonyl (C=O) groups is 1. The number of carbonyl (C=O) groups excluding carboxylic acids is 1. The molecule has 1 amide bonds. The van der Waals surface area contributed by atoms with Gasteiger partial charge in [0, 0.05) is 17.4 Å². The number of ether oxygens (including phenoxy) is 1. The van der Waals surface area contributed by atoms with Crippen LogP contribution in [0, 0.1) is 0 Å². The predicted molar refractivity (Wildman–Crippen MR) is 110 cm³/mol. The molecule has 0 radical (unpaired) electrons. The Kier molecular flexibility index (Phi) is 4.87. The molecule has 0 aliphatic carbocycles. The molecule has 142 valence electrons. The molecule has 2 aromatic carbocycles. The molecule has 8 heteroatoms. The van der Waals surface area contributed by atoms with Gasteiger partial charge in [0.15, 0.2) is 0 Å². The lowest BCUT2D eigenvalue weighted by Gasteiger charge is -2.25. The van der Waals surface area contributed by atoms with Crippen LogP contribution < -0.4 is 21.3 Å². The number of anilines is 1. The fraction of sp³-hybridized carbons (Fsp3) is 0.250. The quantitative estimate of drug-likeness (QED) is 0.593. The van der Waals surface area contributed by atoms with E-state index in [0.717, 1.165) is 22.0 Å². The first-order chi connectivity index (χ1) is 13.5. The van der Waals surface area contributed by atoms with E-state index >= 15 is 0 Å². The van der Waals surface area contributed by atoms with E-state index in [0.29, 0.717) is 36.3 Å². The van der Waals surface area contributed by atoms with Crippen LogP contribution in [0.5, 0.6) is 5.75 Å². The van der Waals surface area contributed by atoms with E-state index in [2.05, 4.69) is 15.5 Å². The number of amides is 1. The number of aromatic nitrogens is 2. The first kappa shape index (κ1) is 18.2. The molecule has 28 heavy (non-hydrogen) atoms. The summed E-state index contributed by atoms with van der Waals surface area (Å²) in [7, 11) is 0. The molecular formula is C20H21BN4O3. The average molecular weight is 376 g/mol. The van der Waals surface area contributed by atoms with Crippen molar-refractivity contribution in [3.63, 3.8) is 0 Å². The normalized spacial score (nSPS) is 16.6. The van der Waals surface area contributed by atoms with Crippen LogP contribution in [0.3, 0.4) is 0 Å². The van der Waals surface area contributed by atoms with Gasteiger partial charge in [0.2, 0.25) is 5.91 Å². The zero-order valence-electron chi connectivity index (χ0n) is 15.6. The maximum atomic E-state index is 11.4. The zero-order valence-corrected chi connectivity index (χ0v) is 15.6. The number of benzene rings is 2. The molecule has 1 aliphatic rings. The smallest absolute Gasteiger partial charge is 0.320 e. The van der Waals surface area contributed by atoms with Crippen molar-refractivity contribution in [1.82, 2.24) is 15.5 Å². The van der Waals surface area contributed by atoms with Crippen LogP contribution in [0.2, 0.25) is 6.82 Å². The van der Waals surface area contributed by atoms with Crippen molar-refractivity contribution in [2.24, 2.45) is 0 Å². The number of piperidine rings is 1. The van der Waals surface area contributed by atoms with Gasteiger partial charge in [0.05, 0.1) is 23.9 Å². The molecule has 2 heterocycles. The maximum absolute atomic E-state index is 11.4. The maximum Gasteiger partial charge on any atom is 0.320 e. The van der Waals surface area contributed by atoms with Gasteiger partial charge in [-0.05, 0) is 35.6 Å². The van der Waals surface area contributed by atoms with E-state index in [9.17, 15) is 9.82 Å². The third-order valence-electron chi connectivity index (χ3n) is 4.98. The van der Waals surface area contributed by atoms with Crippen LogP contribution in [0.1, 0.15) is 12.8 Å². The van der Waals surface area contributed by atoms with Crippen molar-refractivity contribution in [1.29, 1.82) is 0 Å². The van der Waals surface area contributed by atoms with Gasteiger partial charge in [0.25, 0.3) is 0 Å². The number of hydrogen-bond donors (Lipinski definition) is 3. The van der Waals surface area contributed by atoms with E-state index < -0.39 is 6.92 Å². The summed E-state index contributed by atoms with van der Waals surface area (Å²) < 4.78 is 6.20. The summed E-state index contributed by atoms with van der Waals surface area (Å²) in [6.07, 6.45) is 2.56. The van der Waals surface area contributed by atoms with Crippen molar-refractivity contribution in [2.45, 2.75) is 25.8 Å². The second-order valence-electron chi connectivity index (χ2n) is 7.05. The van der Waals surface area contributed by atoms with Gasteiger partial charge < -0.3 is 20.8 Å². The third kappa shape index (κ3) is 3.64. The summed E-state index contributed by atoms with van der Waals surface area (Å²) in [6, 6.07) is 11.4. The van der Waals surface area contributed by atoms with Crippen LogP contribution in [-0.2, 0) is 4.79 Å². The lowest BCUT2D eigenvalue weighted by Crippen LogP contribution is -2.41. The molecule has 1 atom stereocenters. The Labute approximate surface area is 163 Å². The van der Waals surface area contributed by atoms with Gasteiger partial charge in [0.1, 0.15) is 11.9 Å². The summed E-state index contributed by atoms with van der Waals surface area (Å²) in [5, 5.41) is 21.8. The first-order valence-electron chi connectivity index (χ1n) is 9.28. The van der Waals surface area contributed by atoms with Gasteiger partial charge in [-0.1, -0.05) is 25.0 Å². The monoisotopic (exact) mass is 376 g/mol. The summed E-state index contributed by atoms with van der Waals surface area (Å²) in [4.78, 5) is 11.4. The summed E-state index contributed by atoms with van der Waals surface area (Å²) in [5.74, 6) is 0.747. The number of fused-ring (bicyclic) bond motifs is 1. The minimum absolute atomic E-state index is 0.0511. The minimum Gasteiger partial charge on any atom is -0.488 e. The lowest BCUT2D eigenvalue weighted by atomic mass is 9.64. The van der Waals surface area contributed by atoms with Crippen LogP contribution >= 0.6 is 0 Å². The Morgan fingerprint density at radius 2 is 2.14 bits per heavy atom. The molecule has 1 fully saturated rings. The van der Waals surface area contributed by atoms with Crippen molar-refractivity contribution < 1.29 is 14.6 Å². The highest BCUT2D eigenvalue weighted by atomic mass is 16.5. The second-order valence-corrected chi connectivity index (χ2v) is 7.05. The molecule has 1 unspecified atom stereocenters. The second kappa shape index (κ2) is 7.48. The highest BCUT2D eigenvalue weighted by Gasteiger charge is 2.21. The zero-order chi connectivity index (χ0) is 19.7. The summed E-state index contributed by atoms with van der Waals surface area (Å²) in [5.41, 5.74) is 9.77. The summed E-state index contributed by atoms with van der Waals surface area (Å²) >= 11 is 0. The number of nitrogen functional groups attached to an aromatic ring is 1. The lowest BCUT2D eigenvalue weighted by molar-refractivity contribution is -0.123. The molecule has 0 spiro atoms. The van der Waals surface area contributed by atoms with Gasteiger partial charge in [-0.2, -0.15) is 10.2 Å². The molecule has 1 aliphatic heterocycles. The standard InChI is InChI=1S/C20H21BN4O3/c1-21(27)13-3-6-19(28-14-4-7-20(26)23-10-14)16(9-13)12-2-5-15-17(22)11-24-25-18(15)8-12/h2-3,5-6,8-9,11,14,27H,4,7,10H2,1H3,(H2,22,25)(H,23,26). The van der Waals surface area contributed by atoms with E-state index in [4.69, 9.17) is 10.5 Å². The molecule has 4 N–H and O–H groups in total. The van der Waals surface area contributed by atoms with E-state index in [1.807, 2.05) is 36.4 Å². The van der Waals surface area contributed by atoms with Crippen LogP contribution in [0.4, 0.5) is 5.69 Å². The van der Waals surface area contributed by atoms with E-state index in [1.54, 1.807) is 6.82 Å². The Hall–Kier alpha value is -3.13. The van der Waals surface area contributed by atoms with Crippen molar-refractivity contribution in [3.8, 4) is 16.9 Å². The number of nitrogens with two attached hydrogens (primary N) is 1. The molecule has 3 aromatic rings. The highest BCUT2D eigenvalue weighted by molar-refractivity contribution is 6.64. The number of hydrogen-bond acceptors (Lipinski definition) is 6. The number of nitrogens with zero attached hydrogens (tertiary/aromatic N) is 2. The van der Waals surface area contributed by atoms with Crippen molar-refractivity contribution in [2.75, 3.05) is 12.3 Å². The van der Waals surface area contributed by atoms with Crippen molar-refractivity contribution in [3.05, 3.63) is 42.6 Å². The first-order valence-corrected chi connectivity index (χ1v) is 9.28. The Bertz CT molecular complexity index is 1030. The van der Waals surface area contributed by atoms with Gasteiger partial charge in [-0.15, -0.1) is 0 Å². The molecule has 7 nitrogen and oxygen atoms in total.